The topological polar surface area (TPSA) is 47.3 Å². The molecule has 2 aromatic rings. The van der Waals surface area contributed by atoms with Crippen LogP contribution in [0.15, 0.2) is 30.3 Å². The summed E-state index contributed by atoms with van der Waals surface area (Å²) < 4.78 is 6.91. The Balaban J connectivity index is 2.39. The number of rotatable bonds is 5. The van der Waals surface area contributed by atoms with Crippen LogP contribution in [0.2, 0.25) is 5.02 Å². The van der Waals surface area contributed by atoms with Gasteiger partial charge in [0.25, 0.3) is 0 Å². The summed E-state index contributed by atoms with van der Waals surface area (Å²) in [5.74, 6) is 0. The van der Waals surface area contributed by atoms with E-state index in [1.165, 1.54) is 0 Å². The molecule has 0 spiro atoms. The average Bonchev–Trinajstić information content (AvgIpc) is 2.67. The lowest BCUT2D eigenvalue weighted by Gasteiger charge is -2.28. The summed E-state index contributed by atoms with van der Waals surface area (Å²) in [4.78, 5) is 0. The van der Waals surface area contributed by atoms with Gasteiger partial charge in [-0.1, -0.05) is 41.9 Å². The lowest BCUT2D eigenvalue weighted by molar-refractivity contribution is -0.0367. The number of aryl methyl sites for hydroxylation is 2. The molecule has 0 radical (unpaired) electrons. The summed E-state index contributed by atoms with van der Waals surface area (Å²) in [6.45, 7) is 2.04. The molecular formula is C15H19ClN2O2. The molecule has 20 heavy (non-hydrogen) atoms. The largest absolute Gasteiger partial charge is 0.382 e. The number of ether oxygens (including phenoxy) is 1. The van der Waals surface area contributed by atoms with Gasteiger partial charge in [0.05, 0.1) is 23.0 Å². The van der Waals surface area contributed by atoms with E-state index in [1.54, 1.807) is 11.8 Å². The second-order valence-electron chi connectivity index (χ2n) is 4.98. The highest BCUT2D eigenvalue weighted by atomic mass is 35.5. The van der Waals surface area contributed by atoms with Crippen molar-refractivity contribution in [3.8, 4) is 0 Å². The molecule has 1 unspecified atom stereocenters. The van der Waals surface area contributed by atoms with Gasteiger partial charge in [-0.05, 0) is 12.5 Å². The first-order valence-electron chi connectivity index (χ1n) is 6.43. The molecule has 1 aromatic heterocycles. The number of nitrogens with zero attached hydrogens (tertiary/aromatic N) is 2. The molecule has 2 rings (SSSR count). The Labute approximate surface area is 123 Å². The van der Waals surface area contributed by atoms with Crippen LogP contribution in [-0.4, -0.2) is 28.6 Å². The van der Waals surface area contributed by atoms with Crippen molar-refractivity contribution in [1.29, 1.82) is 0 Å². The van der Waals surface area contributed by atoms with Crippen LogP contribution in [0.25, 0.3) is 0 Å². The summed E-state index contributed by atoms with van der Waals surface area (Å²) in [6.07, 6.45) is 0.348. The van der Waals surface area contributed by atoms with Crippen LogP contribution in [0.4, 0.5) is 0 Å². The smallest absolute Gasteiger partial charge is 0.118 e. The third-order valence-corrected chi connectivity index (χ3v) is 3.91. The van der Waals surface area contributed by atoms with E-state index < -0.39 is 5.60 Å². The molecule has 1 atom stereocenters. The van der Waals surface area contributed by atoms with E-state index in [4.69, 9.17) is 16.3 Å². The van der Waals surface area contributed by atoms with E-state index >= 15 is 0 Å². The molecule has 4 nitrogen and oxygen atoms in total. The highest BCUT2D eigenvalue weighted by Gasteiger charge is 2.32. The zero-order valence-corrected chi connectivity index (χ0v) is 12.7. The number of aromatic nitrogens is 2. The Hall–Kier alpha value is -1.36. The number of methoxy groups -OCH3 is 1. The monoisotopic (exact) mass is 294 g/mol. The molecule has 0 aliphatic heterocycles. The van der Waals surface area contributed by atoms with Gasteiger partial charge >= 0.3 is 0 Å². The molecular weight excluding hydrogens is 276 g/mol. The lowest BCUT2D eigenvalue weighted by Crippen LogP contribution is -2.34. The Morgan fingerprint density at radius 2 is 2.00 bits per heavy atom. The van der Waals surface area contributed by atoms with E-state index in [1.807, 2.05) is 44.3 Å². The van der Waals surface area contributed by atoms with E-state index in [9.17, 15) is 5.11 Å². The van der Waals surface area contributed by atoms with Gasteiger partial charge in [-0.3, -0.25) is 4.68 Å². The molecule has 0 amide bonds. The Morgan fingerprint density at radius 3 is 2.50 bits per heavy atom. The highest BCUT2D eigenvalue weighted by Crippen LogP contribution is 2.30. The van der Waals surface area contributed by atoms with Crippen molar-refractivity contribution in [3.05, 3.63) is 52.3 Å². The minimum absolute atomic E-state index is 0.192. The average molecular weight is 295 g/mol. The van der Waals surface area contributed by atoms with Crippen molar-refractivity contribution in [2.45, 2.75) is 18.9 Å². The van der Waals surface area contributed by atoms with Gasteiger partial charge in [0.15, 0.2) is 0 Å². The Kier molecular flexibility index (Phi) is 4.48. The maximum absolute atomic E-state index is 11.0. The Bertz CT molecular complexity index is 583. The third-order valence-electron chi connectivity index (χ3n) is 3.42. The third kappa shape index (κ3) is 2.87. The highest BCUT2D eigenvalue weighted by molar-refractivity contribution is 6.31. The molecule has 1 aromatic carbocycles. The molecule has 1 heterocycles. The van der Waals surface area contributed by atoms with Crippen molar-refractivity contribution in [3.63, 3.8) is 0 Å². The van der Waals surface area contributed by atoms with Crippen molar-refractivity contribution >= 4 is 11.6 Å². The van der Waals surface area contributed by atoms with Crippen LogP contribution < -0.4 is 0 Å². The number of hydrogen-bond acceptors (Lipinski definition) is 3. The number of benzene rings is 1. The van der Waals surface area contributed by atoms with Crippen molar-refractivity contribution < 1.29 is 9.84 Å². The normalized spacial score (nSPS) is 14.2. The van der Waals surface area contributed by atoms with Gasteiger partial charge in [0, 0.05) is 20.6 Å². The molecule has 1 N–H and O–H groups in total. The Morgan fingerprint density at radius 1 is 1.35 bits per heavy atom. The first-order valence-corrected chi connectivity index (χ1v) is 6.80. The van der Waals surface area contributed by atoms with Crippen LogP contribution in [0.3, 0.4) is 0 Å². The van der Waals surface area contributed by atoms with Gasteiger partial charge in [-0.15, -0.1) is 0 Å². The van der Waals surface area contributed by atoms with E-state index in [0.29, 0.717) is 11.4 Å². The fraction of sp³-hybridized carbons (Fsp3) is 0.400. The number of halogens is 1. The lowest BCUT2D eigenvalue weighted by atomic mass is 9.89. The van der Waals surface area contributed by atoms with Crippen LogP contribution in [0, 0.1) is 6.92 Å². The van der Waals surface area contributed by atoms with Crippen LogP contribution in [-0.2, 0) is 23.8 Å². The number of aliphatic hydroxyl groups is 1. The second kappa shape index (κ2) is 5.95. The van der Waals surface area contributed by atoms with E-state index in [0.717, 1.165) is 17.0 Å². The van der Waals surface area contributed by atoms with Crippen LogP contribution >= 0.6 is 11.6 Å². The summed E-state index contributed by atoms with van der Waals surface area (Å²) in [5, 5.41) is 15.8. The first kappa shape index (κ1) is 15.0. The maximum atomic E-state index is 11.0. The SMILES string of the molecule is COCC(O)(Cc1c(Cl)c(C)nn1C)c1ccccc1. The standard InChI is InChI=1S/C15H19ClN2O2/c1-11-14(16)13(18(2)17-11)9-15(19,10-20-3)12-7-5-4-6-8-12/h4-8,19H,9-10H2,1-3H3. The molecule has 0 saturated carbocycles. The minimum atomic E-state index is -1.13. The predicted molar refractivity (Wildman–Crippen MR) is 78.9 cm³/mol. The molecule has 0 aliphatic rings. The molecule has 0 bridgehead atoms. The van der Waals surface area contributed by atoms with Gasteiger partial charge in [-0.2, -0.15) is 5.10 Å². The molecule has 0 aliphatic carbocycles. The van der Waals surface area contributed by atoms with E-state index in [-0.39, 0.29) is 6.61 Å². The first-order chi connectivity index (χ1) is 9.48. The van der Waals surface area contributed by atoms with Gasteiger partial charge < -0.3 is 9.84 Å². The molecule has 0 fully saturated rings. The summed E-state index contributed by atoms with van der Waals surface area (Å²) in [6, 6.07) is 9.47. The fourth-order valence-electron chi connectivity index (χ4n) is 2.37. The van der Waals surface area contributed by atoms with Gasteiger partial charge in [0.1, 0.15) is 5.60 Å². The maximum Gasteiger partial charge on any atom is 0.118 e. The van der Waals surface area contributed by atoms with Crippen molar-refractivity contribution in [2.24, 2.45) is 7.05 Å². The number of hydrogen-bond donors (Lipinski definition) is 1. The molecule has 5 heteroatoms. The molecule has 0 saturated heterocycles. The fourth-order valence-corrected chi connectivity index (χ4v) is 2.60. The minimum Gasteiger partial charge on any atom is -0.382 e. The van der Waals surface area contributed by atoms with Gasteiger partial charge in [0.2, 0.25) is 0 Å². The van der Waals surface area contributed by atoms with E-state index in [2.05, 4.69) is 5.10 Å². The summed E-state index contributed by atoms with van der Waals surface area (Å²) in [7, 11) is 3.40. The molecule has 108 valence electrons. The summed E-state index contributed by atoms with van der Waals surface area (Å²) >= 11 is 6.27. The predicted octanol–water partition coefficient (Wildman–Crippen LogP) is 2.46. The van der Waals surface area contributed by atoms with Gasteiger partial charge in [-0.25, -0.2) is 0 Å². The van der Waals surface area contributed by atoms with Crippen LogP contribution in [0.1, 0.15) is 17.0 Å². The van der Waals surface area contributed by atoms with Crippen LogP contribution in [0.5, 0.6) is 0 Å². The summed E-state index contributed by atoms with van der Waals surface area (Å²) in [5.41, 5.74) is 1.24. The van der Waals surface area contributed by atoms with Crippen molar-refractivity contribution in [2.75, 3.05) is 13.7 Å². The zero-order chi connectivity index (χ0) is 14.8. The second-order valence-corrected chi connectivity index (χ2v) is 5.36. The van der Waals surface area contributed by atoms with Crippen molar-refractivity contribution in [1.82, 2.24) is 9.78 Å². The zero-order valence-electron chi connectivity index (χ0n) is 11.9. The quantitative estimate of drug-likeness (QED) is 0.921.